The highest BCUT2D eigenvalue weighted by molar-refractivity contribution is 6.07. The summed E-state index contributed by atoms with van der Waals surface area (Å²) < 4.78 is 10.9. The number of pyridine rings is 1. The number of benzene rings is 2. The molecule has 1 unspecified atom stereocenters. The number of nitro groups is 1. The zero-order chi connectivity index (χ0) is 25.8. The molecule has 3 aromatic rings. The van der Waals surface area contributed by atoms with Crippen LogP contribution in [0.25, 0.3) is 11.1 Å². The molecular formula is C27H27N3O6. The largest absolute Gasteiger partial charge is 0.465 e. The molecule has 0 N–H and O–H groups in total. The highest BCUT2D eigenvalue weighted by atomic mass is 16.6. The fourth-order valence-electron chi connectivity index (χ4n) is 4.60. The number of ether oxygens (including phenoxy) is 2. The van der Waals surface area contributed by atoms with Crippen LogP contribution < -0.4 is 0 Å². The summed E-state index contributed by atoms with van der Waals surface area (Å²) in [7, 11) is 1.23. The fourth-order valence-corrected chi connectivity index (χ4v) is 4.60. The minimum atomic E-state index is -0.689. The van der Waals surface area contributed by atoms with E-state index < -0.39 is 16.9 Å². The number of likely N-dealkylation sites (tertiary alicyclic amines) is 1. The zero-order valence-corrected chi connectivity index (χ0v) is 20.4. The molecule has 36 heavy (non-hydrogen) atoms. The quantitative estimate of drug-likeness (QED) is 0.271. The van der Waals surface area contributed by atoms with Crippen molar-refractivity contribution in [3.8, 4) is 11.1 Å². The first-order valence-electron chi connectivity index (χ1n) is 11.6. The van der Waals surface area contributed by atoms with Gasteiger partial charge in [-0.15, -0.1) is 0 Å². The first-order chi connectivity index (χ1) is 17.3. The number of carbonyl (C=O) groups excluding carboxylic acids is 2. The summed E-state index contributed by atoms with van der Waals surface area (Å²) in [5.41, 5.74) is 2.47. The maximum absolute atomic E-state index is 13.5. The van der Waals surface area contributed by atoms with Crippen LogP contribution in [0.2, 0.25) is 0 Å². The second kappa shape index (κ2) is 10.7. The van der Waals surface area contributed by atoms with E-state index in [0.717, 1.165) is 13.1 Å². The second-order valence-electron chi connectivity index (χ2n) is 8.74. The maximum Gasteiger partial charge on any atom is 0.340 e. The van der Waals surface area contributed by atoms with Crippen LogP contribution in [0.3, 0.4) is 0 Å². The fraction of sp³-hybridized carbons (Fsp3) is 0.296. The molecule has 0 bridgehead atoms. The number of carbonyl (C=O) groups is 2. The first-order valence-corrected chi connectivity index (χ1v) is 11.6. The van der Waals surface area contributed by atoms with Crippen LogP contribution in [0.5, 0.6) is 0 Å². The van der Waals surface area contributed by atoms with E-state index in [1.54, 1.807) is 19.9 Å². The van der Waals surface area contributed by atoms with Crippen molar-refractivity contribution in [3.05, 3.63) is 92.8 Å². The Balaban J connectivity index is 1.68. The van der Waals surface area contributed by atoms with E-state index in [2.05, 4.69) is 22.0 Å². The van der Waals surface area contributed by atoms with Gasteiger partial charge in [-0.2, -0.15) is 0 Å². The topological polar surface area (TPSA) is 112 Å². The Bertz CT molecular complexity index is 1310. The van der Waals surface area contributed by atoms with Crippen molar-refractivity contribution < 1.29 is 24.0 Å². The van der Waals surface area contributed by atoms with Gasteiger partial charge in [-0.3, -0.25) is 20.0 Å². The number of nitro benzene ring substituents is 1. The standard InChI is InChI=1S/C27H27N3O6/c1-17-23(26(31)35-3)25(20-10-7-11-21(14-20)30(33)34)24(18(2)28-17)27(32)36-22-12-13-29(16-22)15-19-8-5-4-6-9-19/h4-11,14,22H,12-13,15-16H2,1-3H3. The van der Waals surface area contributed by atoms with Crippen LogP contribution in [-0.4, -0.2) is 53.0 Å². The summed E-state index contributed by atoms with van der Waals surface area (Å²) in [6.45, 7) is 5.40. The van der Waals surface area contributed by atoms with Gasteiger partial charge in [0.15, 0.2) is 0 Å². The molecule has 1 aliphatic heterocycles. The third-order valence-corrected chi connectivity index (χ3v) is 6.25. The Morgan fingerprint density at radius 1 is 1.06 bits per heavy atom. The lowest BCUT2D eigenvalue weighted by atomic mass is 9.92. The van der Waals surface area contributed by atoms with E-state index in [0.29, 0.717) is 29.9 Å². The van der Waals surface area contributed by atoms with Gasteiger partial charge in [0.2, 0.25) is 0 Å². The van der Waals surface area contributed by atoms with Crippen molar-refractivity contribution in [2.24, 2.45) is 0 Å². The molecule has 0 aliphatic carbocycles. The molecule has 4 rings (SSSR count). The monoisotopic (exact) mass is 489 g/mol. The van der Waals surface area contributed by atoms with Gasteiger partial charge >= 0.3 is 11.9 Å². The molecule has 1 fully saturated rings. The van der Waals surface area contributed by atoms with Gasteiger partial charge in [0.25, 0.3) is 5.69 Å². The van der Waals surface area contributed by atoms with Gasteiger partial charge in [-0.1, -0.05) is 42.5 Å². The van der Waals surface area contributed by atoms with E-state index in [1.807, 2.05) is 18.2 Å². The molecule has 0 amide bonds. The highest BCUT2D eigenvalue weighted by Crippen LogP contribution is 2.34. The third-order valence-electron chi connectivity index (χ3n) is 6.25. The summed E-state index contributed by atoms with van der Waals surface area (Å²) >= 11 is 0. The summed E-state index contributed by atoms with van der Waals surface area (Å²) in [6, 6.07) is 15.9. The number of esters is 2. The molecule has 0 spiro atoms. The Morgan fingerprint density at radius 2 is 1.75 bits per heavy atom. The van der Waals surface area contributed by atoms with Crippen LogP contribution >= 0.6 is 0 Å². The molecule has 1 aromatic heterocycles. The molecule has 2 aromatic carbocycles. The van der Waals surface area contributed by atoms with Crippen molar-refractivity contribution in [1.82, 2.24) is 9.88 Å². The minimum absolute atomic E-state index is 0.0766. The van der Waals surface area contributed by atoms with Crippen LogP contribution in [-0.2, 0) is 16.0 Å². The number of rotatable bonds is 7. The smallest absolute Gasteiger partial charge is 0.340 e. The number of hydrogen-bond donors (Lipinski definition) is 0. The minimum Gasteiger partial charge on any atom is -0.465 e. The number of methoxy groups -OCH3 is 1. The molecule has 2 heterocycles. The zero-order valence-electron chi connectivity index (χ0n) is 20.4. The highest BCUT2D eigenvalue weighted by Gasteiger charge is 2.31. The van der Waals surface area contributed by atoms with Gasteiger partial charge in [0.1, 0.15) is 6.10 Å². The molecule has 186 valence electrons. The average Bonchev–Trinajstić information content (AvgIpc) is 3.30. The number of aromatic nitrogens is 1. The molecule has 1 atom stereocenters. The normalized spacial score (nSPS) is 15.5. The Labute approximate surface area is 208 Å². The van der Waals surface area contributed by atoms with Crippen molar-refractivity contribution >= 4 is 17.6 Å². The van der Waals surface area contributed by atoms with Crippen LogP contribution in [0.4, 0.5) is 5.69 Å². The molecule has 1 aliphatic rings. The summed E-state index contributed by atoms with van der Waals surface area (Å²) in [5, 5.41) is 11.4. The third kappa shape index (κ3) is 5.26. The Kier molecular flexibility index (Phi) is 7.40. The molecule has 0 radical (unpaired) electrons. The van der Waals surface area contributed by atoms with Gasteiger partial charge in [-0.05, 0) is 31.4 Å². The Morgan fingerprint density at radius 3 is 2.42 bits per heavy atom. The van der Waals surface area contributed by atoms with E-state index in [9.17, 15) is 19.7 Å². The SMILES string of the molecule is COC(=O)c1c(C)nc(C)c(C(=O)OC2CCN(Cc3ccccc3)C2)c1-c1cccc([N+](=O)[O-])c1. The van der Waals surface area contributed by atoms with Crippen LogP contribution in [0, 0.1) is 24.0 Å². The van der Waals surface area contributed by atoms with Gasteiger partial charge in [0.05, 0.1) is 34.5 Å². The van der Waals surface area contributed by atoms with Gasteiger partial charge in [0, 0.05) is 37.3 Å². The van der Waals surface area contributed by atoms with E-state index in [-0.39, 0.29) is 28.5 Å². The number of nitrogens with zero attached hydrogens (tertiary/aromatic N) is 3. The lowest BCUT2D eigenvalue weighted by molar-refractivity contribution is -0.384. The molecular weight excluding hydrogens is 462 g/mol. The maximum atomic E-state index is 13.5. The predicted octanol–water partition coefficient (Wildman–Crippen LogP) is 4.49. The number of hydrogen-bond acceptors (Lipinski definition) is 8. The van der Waals surface area contributed by atoms with E-state index in [1.165, 1.54) is 30.9 Å². The first kappa shape index (κ1) is 25.0. The molecule has 9 nitrogen and oxygen atoms in total. The van der Waals surface area contributed by atoms with Crippen molar-refractivity contribution in [3.63, 3.8) is 0 Å². The van der Waals surface area contributed by atoms with Crippen LogP contribution in [0.15, 0.2) is 54.6 Å². The second-order valence-corrected chi connectivity index (χ2v) is 8.74. The lowest BCUT2D eigenvalue weighted by Crippen LogP contribution is -2.26. The van der Waals surface area contributed by atoms with E-state index >= 15 is 0 Å². The summed E-state index contributed by atoms with van der Waals surface area (Å²) in [6.07, 6.45) is 0.342. The summed E-state index contributed by atoms with van der Waals surface area (Å²) in [4.78, 5) is 43.8. The van der Waals surface area contributed by atoms with E-state index in [4.69, 9.17) is 9.47 Å². The number of non-ortho nitro benzene ring substituents is 1. The van der Waals surface area contributed by atoms with Gasteiger partial charge in [-0.25, -0.2) is 9.59 Å². The van der Waals surface area contributed by atoms with Crippen LogP contribution in [0.1, 0.15) is 44.1 Å². The average molecular weight is 490 g/mol. The molecule has 9 heteroatoms. The van der Waals surface area contributed by atoms with Crippen molar-refractivity contribution in [2.45, 2.75) is 32.9 Å². The number of aryl methyl sites for hydroxylation is 2. The molecule has 0 saturated carbocycles. The summed E-state index contributed by atoms with van der Waals surface area (Å²) in [5.74, 6) is -1.32. The van der Waals surface area contributed by atoms with Crippen molar-refractivity contribution in [2.75, 3.05) is 20.2 Å². The van der Waals surface area contributed by atoms with Gasteiger partial charge < -0.3 is 9.47 Å². The Hall–Kier alpha value is -4.11. The molecule has 1 saturated heterocycles. The predicted molar refractivity (Wildman–Crippen MR) is 133 cm³/mol. The van der Waals surface area contributed by atoms with Crippen molar-refractivity contribution in [1.29, 1.82) is 0 Å². The lowest BCUT2D eigenvalue weighted by Gasteiger charge is -2.20.